The predicted octanol–water partition coefficient (Wildman–Crippen LogP) is 3.14. The Kier molecular flexibility index (Phi) is 3.50. The Morgan fingerprint density at radius 2 is 1.78 bits per heavy atom. The summed E-state index contributed by atoms with van der Waals surface area (Å²) in [4.78, 5) is 23.0. The maximum atomic E-state index is 12.5. The largest absolute Gasteiger partial charge is 0.511 e. The fraction of sp³-hybridized carbons (Fsp3) is 0.0588. The van der Waals surface area contributed by atoms with Crippen LogP contribution in [-0.2, 0) is 4.74 Å². The number of phenols is 1. The minimum atomic E-state index is -1.43. The number of ether oxygens (including phenoxy) is 2. The molecule has 0 aliphatic heterocycles. The normalized spacial score (nSPS) is 11.8. The van der Waals surface area contributed by atoms with E-state index in [-0.39, 0.29) is 22.9 Å². The highest BCUT2D eigenvalue weighted by molar-refractivity contribution is 6.12. The first kappa shape index (κ1) is 14.6. The number of ketones is 1. The van der Waals surface area contributed by atoms with Gasteiger partial charge in [0, 0.05) is 11.1 Å². The van der Waals surface area contributed by atoms with Gasteiger partial charge in [-0.1, -0.05) is 0 Å². The van der Waals surface area contributed by atoms with Crippen LogP contribution in [0.5, 0.6) is 11.5 Å². The molecule has 0 amide bonds. The van der Waals surface area contributed by atoms with E-state index in [9.17, 15) is 14.7 Å². The fourth-order valence-corrected chi connectivity index (χ4v) is 2.34. The molecule has 2 aromatic rings. The van der Waals surface area contributed by atoms with Gasteiger partial charge in [0.05, 0.1) is 12.7 Å². The summed E-state index contributed by atoms with van der Waals surface area (Å²) in [5.41, 5.74) is 1.64. The number of methoxy groups -OCH3 is 1. The molecule has 1 aliphatic carbocycles. The third-order valence-corrected chi connectivity index (χ3v) is 3.51. The summed E-state index contributed by atoms with van der Waals surface area (Å²) in [6.07, 6.45) is 0.0630. The molecule has 1 aliphatic rings. The van der Waals surface area contributed by atoms with Crippen LogP contribution in [0.4, 0.5) is 4.79 Å². The molecule has 0 bridgehead atoms. The van der Waals surface area contributed by atoms with Gasteiger partial charge >= 0.3 is 6.16 Å². The zero-order chi connectivity index (χ0) is 16.6. The number of aromatic hydroxyl groups is 1. The molecule has 2 N–H and O–H groups in total. The number of hydrogen-bond donors (Lipinski definition) is 2. The number of carbonyl (C=O) groups is 2. The van der Waals surface area contributed by atoms with Crippen LogP contribution in [0.15, 0.2) is 36.4 Å². The number of benzene rings is 2. The van der Waals surface area contributed by atoms with Crippen LogP contribution in [0, 0.1) is 0 Å². The summed E-state index contributed by atoms with van der Waals surface area (Å²) >= 11 is 0. The van der Waals surface area contributed by atoms with Gasteiger partial charge in [0.2, 0.25) is 0 Å². The molecule has 0 heterocycles. The van der Waals surface area contributed by atoms with Crippen molar-refractivity contribution in [2.24, 2.45) is 0 Å². The Morgan fingerprint density at radius 1 is 1.09 bits per heavy atom. The second-order valence-corrected chi connectivity index (χ2v) is 4.89. The van der Waals surface area contributed by atoms with Crippen molar-refractivity contribution in [3.63, 3.8) is 0 Å². The number of carboxylic acid groups (broad SMARTS) is 1. The number of rotatable bonds is 4. The van der Waals surface area contributed by atoms with Crippen molar-refractivity contribution in [3.8, 4) is 11.5 Å². The molecule has 0 saturated carbocycles. The van der Waals surface area contributed by atoms with Crippen molar-refractivity contribution in [1.82, 2.24) is 0 Å². The Labute approximate surface area is 131 Å². The van der Waals surface area contributed by atoms with Gasteiger partial charge in [-0.25, -0.2) is 4.79 Å². The Morgan fingerprint density at radius 3 is 2.39 bits per heavy atom. The fourth-order valence-electron chi connectivity index (χ4n) is 2.34. The van der Waals surface area contributed by atoms with Gasteiger partial charge in [-0.2, -0.15) is 0 Å². The molecular weight excluding hydrogens is 300 g/mol. The lowest BCUT2D eigenvalue weighted by molar-refractivity contribution is 0.103. The lowest BCUT2D eigenvalue weighted by Gasteiger charge is -2.19. The Balaban J connectivity index is 1.90. The van der Waals surface area contributed by atoms with E-state index in [0.717, 1.165) is 0 Å². The van der Waals surface area contributed by atoms with Crippen molar-refractivity contribution in [1.29, 1.82) is 0 Å². The molecule has 0 saturated heterocycles. The predicted molar refractivity (Wildman–Crippen MR) is 81.5 cm³/mol. The smallest absolute Gasteiger partial charge is 0.507 e. The summed E-state index contributed by atoms with van der Waals surface area (Å²) in [7, 11) is 1.53. The van der Waals surface area contributed by atoms with E-state index < -0.39 is 6.16 Å². The highest BCUT2D eigenvalue weighted by atomic mass is 16.7. The van der Waals surface area contributed by atoms with Crippen molar-refractivity contribution in [2.75, 3.05) is 7.11 Å². The van der Waals surface area contributed by atoms with E-state index in [4.69, 9.17) is 9.84 Å². The molecule has 23 heavy (non-hydrogen) atoms. The lowest BCUT2D eigenvalue weighted by atomic mass is 9.90. The standard InChI is InChI=1S/C17H12O6/c1-22-11-4-2-9(3-5-11)16(19)13-6-10-7-15(23-17(20)21)12(10)8-14(13)18/h2-8,18H,1H3,(H,20,21). The molecule has 0 spiro atoms. The van der Waals surface area contributed by atoms with Crippen LogP contribution in [0.3, 0.4) is 0 Å². The SMILES string of the molecule is COc1ccc(C(=O)c2cc3c(cc2O)C(OC(=O)O)=C3)cc1. The molecule has 116 valence electrons. The summed E-state index contributed by atoms with van der Waals surface area (Å²) in [5, 5.41) is 18.6. The summed E-state index contributed by atoms with van der Waals surface area (Å²) < 4.78 is 9.58. The van der Waals surface area contributed by atoms with Crippen LogP contribution in [0.1, 0.15) is 27.0 Å². The summed E-state index contributed by atoms with van der Waals surface area (Å²) in [6.45, 7) is 0. The van der Waals surface area contributed by atoms with Gasteiger partial charge in [-0.05, 0) is 48.0 Å². The third kappa shape index (κ3) is 2.62. The van der Waals surface area contributed by atoms with E-state index in [2.05, 4.69) is 4.74 Å². The first-order valence-corrected chi connectivity index (χ1v) is 6.68. The topological polar surface area (TPSA) is 93.1 Å². The zero-order valence-corrected chi connectivity index (χ0v) is 12.1. The first-order valence-electron chi connectivity index (χ1n) is 6.68. The van der Waals surface area contributed by atoms with E-state index in [0.29, 0.717) is 22.4 Å². The maximum absolute atomic E-state index is 12.5. The van der Waals surface area contributed by atoms with Crippen LogP contribution in [0.2, 0.25) is 0 Å². The van der Waals surface area contributed by atoms with Crippen molar-refractivity contribution in [3.05, 3.63) is 58.7 Å². The Bertz CT molecular complexity index is 833. The van der Waals surface area contributed by atoms with Crippen LogP contribution in [0.25, 0.3) is 11.8 Å². The molecule has 0 fully saturated rings. The van der Waals surface area contributed by atoms with Gasteiger partial charge in [0.25, 0.3) is 0 Å². The molecule has 0 atom stereocenters. The summed E-state index contributed by atoms with van der Waals surface area (Å²) in [5.74, 6) is 0.200. The van der Waals surface area contributed by atoms with Gasteiger partial charge in [0.15, 0.2) is 5.78 Å². The molecular formula is C17H12O6. The van der Waals surface area contributed by atoms with E-state index >= 15 is 0 Å². The van der Waals surface area contributed by atoms with E-state index in [1.165, 1.54) is 25.3 Å². The highest BCUT2D eigenvalue weighted by Crippen LogP contribution is 2.38. The molecule has 0 unspecified atom stereocenters. The second kappa shape index (κ2) is 5.49. The highest BCUT2D eigenvalue weighted by Gasteiger charge is 2.25. The van der Waals surface area contributed by atoms with Gasteiger partial charge < -0.3 is 19.7 Å². The number of fused-ring (bicyclic) bond motifs is 1. The van der Waals surface area contributed by atoms with E-state index in [1.54, 1.807) is 24.3 Å². The lowest BCUT2D eigenvalue weighted by Crippen LogP contribution is -2.09. The maximum Gasteiger partial charge on any atom is 0.511 e. The van der Waals surface area contributed by atoms with Crippen molar-refractivity contribution < 1.29 is 29.3 Å². The van der Waals surface area contributed by atoms with Crippen LogP contribution in [-0.4, -0.2) is 29.3 Å². The molecule has 0 radical (unpaired) electrons. The monoisotopic (exact) mass is 312 g/mol. The minimum absolute atomic E-state index is 0.138. The minimum Gasteiger partial charge on any atom is -0.507 e. The van der Waals surface area contributed by atoms with Crippen molar-refractivity contribution in [2.45, 2.75) is 0 Å². The van der Waals surface area contributed by atoms with Crippen LogP contribution < -0.4 is 4.74 Å². The summed E-state index contributed by atoms with van der Waals surface area (Å²) in [6, 6.07) is 9.36. The molecule has 2 aromatic carbocycles. The van der Waals surface area contributed by atoms with Gasteiger partial charge in [-0.3, -0.25) is 4.79 Å². The molecule has 0 aromatic heterocycles. The average molecular weight is 312 g/mol. The first-order chi connectivity index (χ1) is 11.0. The third-order valence-electron chi connectivity index (χ3n) is 3.51. The number of hydrogen-bond acceptors (Lipinski definition) is 5. The zero-order valence-electron chi connectivity index (χ0n) is 12.1. The van der Waals surface area contributed by atoms with Gasteiger partial charge in [-0.15, -0.1) is 0 Å². The number of phenolic OH excluding ortho intramolecular Hbond substituents is 1. The quantitative estimate of drug-likeness (QED) is 0.665. The van der Waals surface area contributed by atoms with Crippen LogP contribution >= 0.6 is 0 Å². The van der Waals surface area contributed by atoms with Gasteiger partial charge in [0.1, 0.15) is 17.3 Å². The second-order valence-electron chi connectivity index (χ2n) is 4.89. The van der Waals surface area contributed by atoms with E-state index in [1.807, 2.05) is 0 Å². The molecule has 3 rings (SSSR count). The molecule has 6 heteroatoms. The van der Waals surface area contributed by atoms with Crippen molar-refractivity contribution >= 4 is 23.8 Å². The average Bonchev–Trinajstić information content (AvgIpc) is 2.53. The molecule has 6 nitrogen and oxygen atoms in total. The number of carbonyl (C=O) groups excluding carboxylic acids is 1. The Hall–Kier alpha value is -3.28.